The number of carboxylic acid groups (broad SMARTS) is 1. The van der Waals surface area contributed by atoms with Gasteiger partial charge in [-0.2, -0.15) is 0 Å². The number of esters is 1. The minimum atomic E-state index is -1.03. The maximum atomic E-state index is 12.2. The molecule has 0 aromatic heterocycles. The zero-order valence-corrected chi connectivity index (χ0v) is 14.3. The first-order chi connectivity index (χ1) is 10.6. The summed E-state index contributed by atoms with van der Waals surface area (Å²) in [5.41, 5.74) is -0.697. The lowest BCUT2D eigenvalue weighted by Crippen LogP contribution is -2.46. The number of amides is 1. The molecule has 0 bridgehead atoms. The zero-order chi connectivity index (χ0) is 17.8. The molecule has 1 heterocycles. The Morgan fingerprint density at radius 2 is 1.91 bits per heavy atom. The molecule has 0 spiro atoms. The van der Waals surface area contributed by atoms with E-state index in [-0.39, 0.29) is 0 Å². The Balaban J connectivity index is 2.66. The molecule has 1 aliphatic rings. The fourth-order valence-electron chi connectivity index (χ4n) is 2.39. The van der Waals surface area contributed by atoms with Crippen molar-refractivity contribution in [3.05, 3.63) is 0 Å². The summed E-state index contributed by atoms with van der Waals surface area (Å²) < 4.78 is 10.2. The SMILES string of the molecule is CNC[C@H]1[C@@H](C(=O)O)CCN1C(=O)OC(C)OC(=O)C(C)(C)C. The van der Waals surface area contributed by atoms with Crippen molar-refractivity contribution in [2.24, 2.45) is 11.3 Å². The Morgan fingerprint density at radius 1 is 1.30 bits per heavy atom. The first-order valence-electron chi connectivity index (χ1n) is 7.63. The number of hydrogen-bond donors (Lipinski definition) is 2. The summed E-state index contributed by atoms with van der Waals surface area (Å²) in [6.07, 6.45) is -1.34. The van der Waals surface area contributed by atoms with Gasteiger partial charge in [-0.25, -0.2) is 4.79 Å². The van der Waals surface area contributed by atoms with Gasteiger partial charge in [0.25, 0.3) is 0 Å². The summed E-state index contributed by atoms with van der Waals surface area (Å²) in [4.78, 5) is 36.6. The van der Waals surface area contributed by atoms with Crippen LogP contribution in [0, 0.1) is 11.3 Å². The topological polar surface area (TPSA) is 105 Å². The average Bonchev–Trinajstić information content (AvgIpc) is 2.81. The molecule has 1 fully saturated rings. The molecule has 1 unspecified atom stereocenters. The highest BCUT2D eigenvalue weighted by Gasteiger charge is 2.42. The highest BCUT2D eigenvalue weighted by Crippen LogP contribution is 2.25. The third-order valence-electron chi connectivity index (χ3n) is 3.66. The molecule has 3 atom stereocenters. The lowest BCUT2D eigenvalue weighted by molar-refractivity contribution is -0.175. The molecule has 1 aliphatic heterocycles. The van der Waals surface area contributed by atoms with Gasteiger partial charge in [0.15, 0.2) is 0 Å². The van der Waals surface area contributed by atoms with Crippen molar-refractivity contribution in [3.63, 3.8) is 0 Å². The summed E-state index contributed by atoms with van der Waals surface area (Å²) >= 11 is 0. The van der Waals surface area contributed by atoms with Crippen molar-refractivity contribution in [1.82, 2.24) is 10.2 Å². The minimum Gasteiger partial charge on any atom is -0.481 e. The first kappa shape index (κ1) is 19.2. The molecule has 8 nitrogen and oxygen atoms in total. The second kappa shape index (κ2) is 7.63. The van der Waals surface area contributed by atoms with Crippen LogP contribution in [0.25, 0.3) is 0 Å². The van der Waals surface area contributed by atoms with Gasteiger partial charge in [0.05, 0.1) is 17.4 Å². The number of nitrogens with one attached hydrogen (secondary N) is 1. The number of aliphatic carboxylic acids is 1. The van der Waals surface area contributed by atoms with E-state index in [2.05, 4.69) is 5.32 Å². The van der Waals surface area contributed by atoms with E-state index in [1.807, 2.05) is 0 Å². The van der Waals surface area contributed by atoms with Gasteiger partial charge in [-0.05, 0) is 34.2 Å². The third-order valence-corrected chi connectivity index (χ3v) is 3.66. The van der Waals surface area contributed by atoms with Crippen molar-refractivity contribution in [3.8, 4) is 0 Å². The molecule has 0 aromatic rings. The molecular formula is C15H26N2O6. The molecule has 23 heavy (non-hydrogen) atoms. The Hall–Kier alpha value is -1.83. The summed E-state index contributed by atoms with van der Waals surface area (Å²) in [6, 6.07) is -0.490. The Labute approximate surface area is 136 Å². The highest BCUT2D eigenvalue weighted by atomic mass is 16.7. The van der Waals surface area contributed by atoms with E-state index in [0.717, 1.165) is 0 Å². The molecular weight excluding hydrogens is 304 g/mol. The van der Waals surface area contributed by atoms with E-state index in [4.69, 9.17) is 9.47 Å². The van der Waals surface area contributed by atoms with Crippen LogP contribution in [0.5, 0.6) is 0 Å². The second-order valence-corrected chi connectivity index (χ2v) is 6.66. The van der Waals surface area contributed by atoms with Gasteiger partial charge < -0.3 is 24.8 Å². The number of carbonyl (C=O) groups excluding carboxylic acids is 2. The van der Waals surface area contributed by atoms with Crippen molar-refractivity contribution in [1.29, 1.82) is 0 Å². The number of likely N-dealkylation sites (tertiary alicyclic amines) is 1. The van der Waals surface area contributed by atoms with E-state index in [9.17, 15) is 19.5 Å². The molecule has 1 saturated heterocycles. The first-order valence-corrected chi connectivity index (χ1v) is 7.63. The minimum absolute atomic E-state index is 0.294. The van der Waals surface area contributed by atoms with Gasteiger partial charge in [-0.3, -0.25) is 9.59 Å². The van der Waals surface area contributed by atoms with Crippen molar-refractivity contribution < 1.29 is 29.0 Å². The Kier molecular flexibility index (Phi) is 6.37. The number of hydrogen-bond acceptors (Lipinski definition) is 6. The van der Waals surface area contributed by atoms with Crippen LogP contribution in [0.1, 0.15) is 34.1 Å². The standard InChI is InChI=1S/C15H26N2O6/c1-9(22-13(20)15(2,3)4)23-14(21)17-7-6-10(12(18)19)11(17)8-16-5/h9-11,16H,6-8H2,1-5H3,(H,18,19)/t9?,10-,11-/m0/s1. The third kappa shape index (κ3) is 5.09. The molecule has 1 rings (SSSR count). The molecule has 8 heteroatoms. The van der Waals surface area contributed by atoms with E-state index in [0.29, 0.717) is 19.5 Å². The van der Waals surface area contributed by atoms with E-state index >= 15 is 0 Å². The van der Waals surface area contributed by atoms with Crippen LogP contribution in [-0.2, 0) is 19.1 Å². The van der Waals surface area contributed by atoms with Gasteiger partial charge in [0.1, 0.15) is 0 Å². The molecule has 0 radical (unpaired) electrons. The van der Waals surface area contributed by atoms with Crippen LogP contribution in [0.2, 0.25) is 0 Å². The van der Waals surface area contributed by atoms with Crippen molar-refractivity contribution in [2.45, 2.75) is 46.4 Å². The molecule has 0 aliphatic carbocycles. The fourth-order valence-corrected chi connectivity index (χ4v) is 2.39. The van der Waals surface area contributed by atoms with Crippen molar-refractivity contribution >= 4 is 18.0 Å². The van der Waals surface area contributed by atoms with Crippen LogP contribution in [0.3, 0.4) is 0 Å². The van der Waals surface area contributed by atoms with Crippen molar-refractivity contribution in [2.75, 3.05) is 20.1 Å². The van der Waals surface area contributed by atoms with Crippen LogP contribution < -0.4 is 5.32 Å². The quantitative estimate of drug-likeness (QED) is 0.573. The number of ether oxygens (including phenoxy) is 2. The van der Waals surface area contributed by atoms with E-state index < -0.39 is 41.7 Å². The van der Waals surface area contributed by atoms with Gasteiger partial charge >= 0.3 is 18.0 Å². The average molecular weight is 330 g/mol. The predicted octanol–water partition coefficient (Wildman–Crippen LogP) is 1.05. The van der Waals surface area contributed by atoms with Gasteiger partial charge in [-0.15, -0.1) is 0 Å². The second-order valence-electron chi connectivity index (χ2n) is 6.66. The number of rotatable bonds is 5. The zero-order valence-electron chi connectivity index (χ0n) is 14.3. The van der Waals surface area contributed by atoms with E-state index in [1.165, 1.54) is 11.8 Å². The number of likely N-dealkylation sites (N-methyl/N-ethyl adjacent to an activating group) is 1. The molecule has 0 aromatic carbocycles. The predicted molar refractivity (Wildman–Crippen MR) is 81.7 cm³/mol. The van der Waals surface area contributed by atoms with Crippen LogP contribution >= 0.6 is 0 Å². The summed E-state index contributed by atoms with van der Waals surface area (Å²) in [7, 11) is 1.69. The van der Waals surface area contributed by atoms with E-state index in [1.54, 1.807) is 27.8 Å². The molecule has 2 N–H and O–H groups in total. The van der Waals surface area contributed by atoms with Crippen LogP contribution in [-0.4, -0.2) is 60.5 Å². The smallest absolute Gasteiger partial charge is 0.413 e. The largest absolute Gasteiger partial charge is 0.481 e. The fraction of sp³-hybridized carbons (Fsp3) is 0.800. The lowest BCUT2D eigenvalue weighted by atomic mass is 9.97. The summed E-state index contributed by atoms with van der Waals surface area (Å²) in [5, 5.41) is 12.1. The molecule has 1 amide bonds. The molecule has 0 saturated carbocycles. The monoisotopic (exact) mass is 330 g/mol. The lowest BCUT2D eigenvalue weighted by Gasteiger charge is -2.28. The Morgan fingerprint density at radius 3 is 2.39 bits per heavy atom. The van der Waals surface area contributed by atoms with Crippen LogP contribution in [0.15, 0.2) is 0 Å². The number of carboxylic acids is 1. The molecule has 132 valence electrons. The van der Waals surface area contributed by atoms with Gasteiger partial charge in [0, 0.05) is 20.0 Å². The summed E-state index contributed by atoms with van der Waals surface area (Å²) in [6.45, 7) is 7.20. The maximum Gasteiger partial charge on any atom is 0.413 e. The van der Waals surface area contributed by atoms with Gasteiger partial charge in [0.2, 0.25) is 6.29 Å². The maximum absolute atomic E-state index is 12.2. The number of carbonyl (C=O) groups is 3. The van der Waals surface area contributed by atoms with Crippen LogP contribution in [0.4, 0.5) is 4.79 Å². The summed E-state index contributed by atoms with van der Waals surface area (Å²) in [5.74, 6) is -2.05. The number of nitrogens with zero attached hydrogens (tertiary/aromatic N) is 1. The Bertz CT molecular complexity index is 459. The highest BCUT2D eigenvalue weighted by molar-refractivity contribution is 5.76. The normalized spacial score (nSPS) is 22.6. The van der Waals surface area contributed by atoms with Gasteiger partial charge in [-0.1, -0.05) is 0 Å².